The molecule has 0 aliphatic rings. The number of aryl methyl sites for hydroxylation is 1. The fourth-order valence-corrected chi connectivity index (χ4v) is 2.93. The molecule has 5 heteroatoms. The van der Waals surface area contributed by atoms with Gasteiger partial charge < -0.3 is 15.4 Å². The van der Waals surface area contributed by atoms with Gasteiger partial charge in [0.05, 0.1) is 6.42 Å². The fraction of sp³-hybridized carbons (Fsp3) is 0.474. The van der Waals surface area contributed by atoms with Crippen LogP contribution in [-0.2, 0) is 22.4 Å². The molecule has 0 radical (unpaired) electrons. The number of fused-ring (bicyclic) bond motifs is 1. The lowest BCUT2D eigenvalue weighted by Gasteiger charge is -2.05. The largest absolute Gasteiger partial charge is 0.481 e. The number of unbranched alkanes of at least 4 members (excludes halogenated alkanes) is 3. The molecule has 1 aromatic heterocycles. The summed E-state index contributed by atoms with van der Waals surface area (Å²) < 4.78 is 0. The zero-order valence-corrected chi connectivity index (χ0v) is 14.2. The van der Waals surface area contributed by atoms with Crippen LogP contribution in [0.4, 0.5) is 0 Å². The van der Waals surface area contributed by atoms with Gasteiger partial charge in [-0.1, -0.05) is 38.0 Å². The van der Waals surface area contributed by atoms with Gasteiger partial charge in [-0.05, 0) is 30.4 Å². The number of para-hydroxylation sites is 1. The Morgan fingerprint density at radius 3 is 2.67 bits per heavy atom. The molecule has 0 atom stereocenters. The van der Waals surface area contributed by atoms with Crippen LogP contribution in [0.2, 0.25) is 0 Å². The molecule has 0 aliphatic heterocycles. The number of aromatic nitrogens is 1. The van der Waals surface area contributed by atoms with Crippen molar-refractivity contribution in [1.29, 1.82) is 0 Å². The summed E-state index contributed by atoms with van der Waals surface area (Å²) in [4.78, 5) is 25.8. The number of amides is 1. The number of rotatable bonds is 10. The number of carbonyl (C=O) groups excluding carboxylic acids is 1. The zero-order valence-electron chi connectivity index (χ0n) is 14.2. The van der Waals surface area contributed by atoms with Crippen LogP contribution in [0.5, 0.6) is 0 Å². The second-order valence-electron chi connectivity index (χ2n) is 6.09. The topological polar surface area (TPSA) is 82.2 Å². The number of aliphatic carboxylic acids is 1. The van der Waals surface area contributed by atoms with Crippen molar-refractivity contribution in [1.82, 2.24) is 10.3 Å². The number of carboxylic acid groups (broad SMARTS) is 1. The normalized spacial score (nSPS) is 10.9. The van der Waals surface area contributed by atoms with Crippen molar-refractivity contribution < 1.29 is 14.7 Å². The Bertz CT molecular complexity index is 691. The van der Waals surface area contributed by atoms with E-state index in [1.165, 1.54) is 5.56 Å². The molecule has 2 aromatic rings. The van der Waals surface area contributed by atoms with E-state index in [0.717, 1.165) is 42.1 Å². The third-order valence-electron chi connectivity index (χ3n) is 4.26. The molecule has 130 valence electrons. The lowest BCUT2D eigenvalue weighted by molar-refractivity contribution is -0.137. The summed E-state index contributed by atoms with van der Waals surface area (Å²) in [6, 6.07) is 6.19. The molecule has 1 amide bonds. The second kappa shape index (κ2) is 9.11. The number of hydrogen-bond donors (Lipinski definition) is 3. The quantitative estimate of drug-likeness (QED) is 0.584. The average Bonchev–Trinajstić information content (AvgIpc) is 2.96. The summed E-state index contributed by atoms with van der Waals surface area (Å²) in [6.07, 6.45) is 6.93. The van der Waals surface area contributed by atoms with Gasteiger partial charge in [0.2, 0.25) is 5.91 Å². The van der Waals surface area contributed by atoms with Crippen LogP contribution in [0.3, 0.4) is 0 Å². The number of nitrogens with one attached hydrogen (secondary N) is 2. The fourth-order valence-electron chi connectivity index (χ4n) is 2.93. The molecule has 0 saturated carbocycles. The van der Waals surface area contributed by atoms with Crippen molar-refractivity contribution in [3.63, 3.8) is 0 Å². The van der Waals surface area contributed by atoms with Crippen LogP contribution in [-0.4, -0.2) is 28.5 Å². The van der Waals surface area contributed by atoms with E-state index < -0.39 is 5.97 Å². The van der Waals surface area contributed by atoms with E-state index in [4.69, 9.17) is 5.11 Å². The van der Waals surface area contributed by atoms with Crippen LogP contribution in [0, 0.1) is 0 Å². The van der Waals surface area contributed by atoms with Crippen LogP contribution in [0.1, 0.15) is 50.2 Å². The summed E-state index contributed by atoms with van der Waals surface area (Å²) in [5, 5.41) is 12.6. The smallest absolute Gasteiger partial charge is 0.303 e. The van der Waals surface area contributed by atoms with Crippen molar-refractivity contribution in [2.45, 2.75) is 51.9 Å². The Morgan fingerprint density at radius 2 is 1.92 bits per heavy atom. The highest BCUT2D eigenvalue weighted by molar-refractivity contribution is 5.90. The Kier molecular flexibility index (Phi) is 6.85. The van der Waals surface area contributed by atoms with E-state index in [0.29, 0.717) is 19.4 Å². The van der Waals surface area contributed by atoms with Gasteiger partial charge in [-0.3, -0.25) is 9.59 Å². The first-order chi connectivity index (χ1) is 11.6. The maximum Gasteiger partial charge on any atom is 0.303 e. The highest BCUT2D eigenvalue weighted by Gasteiger charge is 2.10. The SMILES string of the molecule is CCc1cccc2c(CC(=O)NCCCCCCC(=O)O)c[nH]c12. The number of hydrogen-bond acceptors (Lipinski definition) is 2. The molecule has 0 fully saturated rings. The number of carbonyl (C=O) groups is 2. The Morgan fingerprint density at radius 1 is 1.12 bits per heavy atom. The molecule has 0 bridgehead atoms. The van der Waals surface area contributed by atoms with E-state index >= 15 is 0 Å². The van der Waals surface area contributed by atoms with Gasteiger partial charge in [-0.2, -0.15) is 0 Å². The number of carboxylic acids is 1. The van der Waals surface area contributed by atoms with Gasteiger partial charge in [0.1, 0.15) is 0 Å². The summed E-state index contributed by atoms with van der Waals surface area (Å²) >= 11 is 0. The van der Waals surface area contributed by atoms with Gasteiger partial charge in [0.15, 0.2) is 0 Å². The number of H-pyrrole nitrogens is 1. The molecule has 24 heavy (non-hydrogen) atoms. The molecule has 0 unspecified atom stereocenters. The van der Waals surface area contributed by atoms with E-state index in [2.05, 4.69) is 29.4 Å². The first kappa shape index (κ1) is 18.0. The monoisotopic (exact) mass is 330 g/mol. The van der Waals surface area contributed by atoms with Gasteiger partial charge in [-0.15, -0.1) is 0 Å². The molecule has 0 aliphatic carbocycles. The van der Waals surface area contributed by atoms with Crippen molar-refractivity contribution in [3.8, 4) is 0 Å². The summed E-state index contributed by atoms with van der Waals surface area (Å²) in [5.41, 5.74) is 3.42. The summed E-state index contributed by atoms with van der Waals surface area (Å²) in [5.74, 6) is -0.711. The molecule has 2 rings (SSSR count). The second-order valence-corrected chi connectivity index (χ2v) is 6.09. The lowest BCUT2D eigenvalue weighted by Crippen LogP contribution is -2.26. The average molecular weight is 330 g/mol. The third kappa shape index (κ3) is 5.11. The molecular weight excluding hydrogens is 304 g/mol. The minimum absolute atomic E-state index is 0.0309. The Hall–Kier alpha value is -2.30. The van der Waals surface area contributed by atoms with Gasteiger partial charge in [0.25, 0.3) is 0 Å². The molecule has 5 nitrogen and oxygen atoms in total. The molecule has 1 aromatic carbocycles. The van der Waals surface area contributed by atoms with E-state index in [-0.39, 0.29) is 12.3 Å². The summed E-state index contributed by atoms with van der Waals surface area (Å²) in [6.45, 7) is 2.77. The standard InChI is InChI=1S/C19H26N2O3/c1-2-14-8-7-9-16-15(13-21-19(14)16)12-17(22)20-11-6-4-3-5-10-18(23)24/h7-9,13,21H,2-6,10-12H2,1H3,(H,20,22)(H,23,24). The number of aromatic amines is 1. The maximum absolute atomic E-state index is 12.1. The van der Waals surface area contributed by atoms with Crippen molar-refractivity contribution >= 4 is 22.8 Å². The minimum Gasteiger partial charge on any atom is -0.481 e. The maximum atomic E-state index is 12.1. The van der Waals surface area contributed by atoms with Crippen molar-refractivity contribution in [2.24, 2.45) is 0 Å². The van der Waals surface area contributed by atoms with Gasteiger partial charge in [-0.25, -0.2) is 0 Å². The first-order valence-electron chi connectivity index (χ1n) is 8.68. The van der Waals surface area contributed by atoms with E-state index in [1.807, 2.05) is 12.3 Å². The Balaban J connectivity index is 1.74. The lowest BCUT2D eigenvalue weighted by atomic mass is 10.1. The Labute approximate surface area is 142 Å². The van der Waals surface area contributed by atoms with E-state index in [9.17, 15) is 9.59 Å². The van der Waals surface area contributed by atoms with Crippen molar-refractivity contribution in [2.75, 3.05) is 6.54 Å². The van der Waals surface area contributed by atoms with Crippen LogP contribution in [0.15, 0.2) is 24.4 Å². The van der Waals surface area contributed by atoms with Crippen LogP contribution in [0.25, 0.3) is 10.9 Å². The predicted octanol–water partition coefficient (Wildman–Crippen LogP) is 3.42. The number of benzene rings is 1. The summed E-state index contributed by atoms with van der Waals surface area (Å²) in [7, 11) is 0. The predicted molar refractivity (Wildman–Crippen MR) is 95.1 cm³/mol. The molecule has 1 heterocycles. The van der Waals surface area contributed by atoms with Gasteiger partial charge >= 0.3 is 5.97 Å². The highest BCUT2D eigenvalue weighted by atomic mass is 16.4. The first-order valence-corrected chi connectivity index (χ1v) is 8.68. The van der Waals surface area contributed by atoms with Gasteiger partial charge in [0, 0.05) is 30.1 Å². The molecular formula is C19H26N2O3. The zero-order chi connectivity index (χ0) is 17.4. The third-order valence-corrected chi connectivity index (χ3v) is 4.26. The van der Waals surface area contributed by atoms with Crippen LogP contribution >= 0.6 is 0 Å². The van der Waals surface area contributed by atoms with E-state index in [1.54, 1.807) is 0 Å². The minimum atomic E-state index is -0.742. The molecule has 0 spiro atoms. The van der Waals surface area contributed by atoms with Crippen molar-refractivity contribution in [3.05, 3.63) is 35.5 Å². The van der Waals surface area contributed by atoms with Crippen LogP contribution < -0.4 is 5.32 Å². The molecule has 3 N–H and O–H groups in total. The molecule has 0 saturated heterocycles. The highest BCUT2D eigenvalue weighted by Crippen LogP contribution is 2.22.